The van der Waals surface area contributed by atoms with Gasteiger partial charge in [0.15, 0.2) is 0 Å². The molecule has 0 aliphatic carbocycles. The fraction of sp³-hybridized carbons (Fsp3) is 0.818. The Bertz CT molecular complexity index is 336. The van der Waals surface area contributed by atoms with Gasteiger partial charge in [0.1, 0.15) is 0 Å². The SMILES string of the molecule is COC1CN(C(=O)O)CCC1N1CCCNC1=O. The van der Waals surface area contributed by atoms with Gasteiger partial charge < -0.3 is 25.0 Å². The van der Waals surface area contributed by atoms with Gasteiger partial charge in [0.25, 0.3) is 0 Å². The summed E-state index contributed by atoms with van der Waals surface area (Å²) in [5, 5.41) is 11.8. The number of nitrogens with zero attached hydrogens (tertiary/aromatic N) is 2. The molecule has 3 amide bonds. The minimum absolute atomic E-state index is 0.0362. The van der Waals surface area contributed by atoms with Crippen LogP contribution in [0.5, 0.6) is 0 Å². The molecule has 2 N–H and O–H groups in total. The lowest BCUT2D eigenvalue weighted by atomic mass is 9.99. The Kier molecular flexibility index (Phi) is 3.90. The highest BCUT2D eigenvalue weighted by atomic mass is 16.5. The third-order valence-corrected chi connectivity index (χ3v) is 3.61. The summed E-state index contributed by atoms with van der Waals surface area (Å²) >= 11 is 0. The Balaban J connectivity index is 2.04. The van der Waals surface area contributed by atoms with Crippen molar-refractivity contribution in [2.45, 2.75) is 25.0 Å². The quantitative estimate of drug-likeness (QED) is 0.738. The highest BCUT2D eigenvalue weighted by molar-refractivity contribution is 5.75. The number of carboxylic acid groups (broad SMARTS) is 1. The van der Waals surface area contributed by atoms with Gasteiger partial charge in [0, 0.05) is 26.7 Å². The van der Waals surface area contributed by atoms with Gasteiger partial charge in [-0.2, -0.15) is 0 Å². The highest BCUT2D eigenvalue weighted by Gasteiger charge is 2.37. The minimum Gasteiger partial charge on any atom is -0.465 e. The first-order chi connectivity index (χ1) is 8.63. The number of likely N-dealkylation sites (tertiary alicyclic amines) is 1. The van der Waals surface area contributed by atoms with Crippen molar-refractivity contribution in [1.82, 2.24) is 15.1 Å². The zero-order valence-electron chi connectivity index (χ0n) is 10.5. The van der Waals surface area contributed by atoms with E-state index >= 15 is 0 Å². The van der Waals surface area contributed by atoms with Crippen LogP contribution in [-0.4, -0.2) is 72.5 Å². The molecule has 0 aromatic carbocycles. The average Bonchev–Trinajstić information content (AvgIpc) is 2.38. The van der Waals surface area contributed by atoms with Crippen molar-refractivity contribution in [1.29, 1.82) is 0 Å². The number of amides is 3. The summed E-state index contributed by atoms with van der Waals surface area (Å²) in [6.45, 7) is 2.19. The van der Waals surface area contributed by atoms with Crippen molar-refractivity contribution in [2.75, 3.05) is 33.3 Å². The van der Waals surface area contributed by atoms with Crippen LogP contribution in [0.3, 0.4) is 0 Å². The van der Waals surface area contributed by atoms with Crippen molar-refractivity contribution < 1.29 is 19.4 Å². The van der Waals surface area contributed by atoms with Gasteiger partial charge in [-0.15, -0.1) is 0 Å². The number of rotatable bonds is 2. The smallest absolute Gasteiger partial charge is 0.407 e. The third-order valence-electron chi connectivity index (χ3n) is 3.61. The molecule has 2 saturated heterocycles. The van der Waals surface area contributed by atoms with Gasteiger partial charge in [-0.1, -0.05) is 0 Å². The van der Waals surface area contributed by atoms with Crippen LogP contribution in [0.2, 0.25) is 0 Å². The predicted octanol–water partition coefficient (Wildman–Crippen LogP) is 0.169. The maximum Gasteiger partial charge on any atom is 0.407 e. The molecule has 102 valence electrons. The summed E-state index contributed by atoms with van der Waals surface area (Å²) in [7, 11) is 1.56. The molecule has 2 atom stereocenters. The number of hydrogen-bond donors (Lipinski definition) is 2. The molecular formula is C11H19N3O4. The van der Waals surface area contributed by atoms with Crippen LogP contribution in [0, 0.1) is 0 Å². The van der Waals surface area contributed by atoms with Gasteiger partial charge in [0.05, 0.1) is 18.7 Å². The maximum absolute atomic E-state index is 11.8. The largest absolute Gasteiger partial charge is 0.465 e. The first-order valence-electron chi connectivity index (χ1n) is 6.18. The van der Waals surface area contributed by atoms with Crippen LogP contribution in [0.25, 0.3) is 0 Å². The molecular weight excluding hydrogens is 238 g/mol. The van der Waals surface area contributed by atoms with Crippen molar-refractivity contribution >= 4 is 12.1 Å². The molecule has 0 aromatic rings. The second-order valence-electron chi connectivity index (χ2n) is 4.64. The standard InChI is InChI=1S/C11H19N3O4/c1-18-9-7-13(11(16)17)6-3-8(9)14-5-2-4-12-10(14)15/h8-9H,2-7H2,1H3,(H,12,15)(H,16,17). The van der Waals surface area contributed by atoms with Gasteiger partial charge in [-0.25, -0.2) is 9.59 Å². The molecule has 2 aliphatic rings. The molecule has 0 bridgehead atoms. The number of hydrogen-bond acceptors (Lipinski definition) is 3. The Labute approximate surface area is 106 Å². The maximum atomic E-state index is 11.8. The zero-order valence-corrected chi connectivity index (χ0v) is 10.5. The summed E-state index contributed by atoms with van der Waals surface area (Å²) in [4.78, 5) is 25.9. The van der Waals surface area contributed by atoms with E-state index in [1.54, 1.807) is 12.0 Å². The number of methoxy groups -OCH3 is 1. The van der Waals surface area contributed by atoms with Gasteiger partial charge in [-0.05, 0) is 12.8 Å². The van der Waals surface area contributed by atoms with Crippen molar-refractivity contribution in [3.05, 3.63) is 0 Å². The summed E-state index contributed by atoms with van der Waals surface area (Å²) in [5.41, 5.74) is 0. The topological polar surface area (TPSA) is 82.1 Å². The number of ether oxygens (including phenoxy) is 1. The molecule has 2 fully saturated rings. The van der Waals surface area contributed by atoms with E-state index in [1.807, 2.05) is 0 Å². The number of urea groups is 1. The molecule has 0 saturated carbocycles. The van der Waals surface area contributed by atoms with E-state index in [0.717, 1.165) is 6.42 Å². The minimum atomic E-state index is -0.932. The summed E-state index contributed by atoms with van der Waals surface area (Å²) in [6, 6.07) is -0.108. The zero-order chi connectivity index (χ0) is 13.1. The van der Waals surface area contributed by atoms with Crippen molar-refractivity contribution in [2.24, 2.45) is 0 Å². The summed E-state index contributed by atoms with van der Waals surface area (Å²) in [5.74, 6) is 0. The molecule has 2 aliphatic heterocycles. The number of piperidine rings is 1. The van der Waals surface area contributed by atoms with E-state index in [9.17, 15) is 9.59 Å². The van der Waals surface area contributed by atoms with E-state index in [4.69, 9.17) is 9.84 Å². The molecule has 2 unspecified atom stereocenters. The Morgan fingerprint density at radius 3 is 2.89 bits per heavy atom. The van der Waals surface area contributed by atoms with Crippen LogP contribution in [0.15, 0.2) is 0 Å². The monoisotopic (exact) mass is 257 g/mol. The summed E-state index contributed by atoms with van der Waals surface area (Å²) in [6.07, 6.45) is 0.358. The molecule has 2 heterocycles. The van der Waals surface area contributed by atoms with Crippen LogP contribution in [-0.2, 0) is 4.74 Å². The molecule has 0 aromatic heterocycles. The van der Waals surface area contributed by atoms with Gasteiger partial charge in [-0.3, -0.25) is 0 Å². The number of nitrogens with one attached hydrogen (secondary N) is 1. The first kappa shape index (κ1) is 12.9. The molecule has 7 nitrogen and oxygen atoms in total. The van der Waals surface area contributed by atoms with Crippen molar-refractivity contribution in [3.8, 4) is 0 Å². The predicted molar refractivity (Wildman–Crippen MR) is 63.5 cm³/mol. The van der Waals surface area contributed by atoms with Gasteiger partial charge >= 0.3 is 12.1 Å². The highest BCUT2D eigenvalue weighted by Crippen LogP contribution is 2.21. The van der Waals surface area contributed by atoms with Crippen LogP contribution >= 0.6 is 0 Å². The Morgan fingerprint density at radius 1 is 1.50 bits per heavy atom. The van der Waals surface area contributed by atoms with E-state index in [0.29, 0.717) is 32.6 Å². The molecule has 7 heteroatoms. The van der Waals surface area contributed by atoms with E-state index in [1.165, 1.54) is 4.90 Å². The second kappa shape index (κ2) is 5.43. The fourth-order valence-electron chi connectivity index (χ4n) is 2.63. The Morgan fingerprint density at radius 2 is 2.28 bits per heavy atom. The lowest BCUT2D eigenvalue weighted by Gasteiger charge is -2.43. The van der Waals surface area contributed by atoms with Crippen LogP contribution in [0.1, 0.15) is 12.8 Å². The van der Waals surface area contributed by atoms with E-state index < -0.39 is 6.09 Å². The normalized spacial score (nSPS) is 29.1. The van der Waals surface area contributed by atoms with E-state index in [2.05, 4.69) is 5.32 Å². The van der Waals surface area contributed by atoms with E-state index in [-0.39, 0.29) is 18.2 Å². The van der Waals surface area contributed by atoms with Crippen LogP contribution in [0.4, 0.5) is 9.59 Å². The average molecular weight is 257 g/mol. The number of carbonyl (C=O) groups excluding carboxylic acids is 1. The summed E-state index contributed by atoms with van der Waals surface area (Å²) < 4.78 is 5.36. The van der Waals surface area contributed by atoms with Gasteiger partial charge in [0.2, 0.25) is 0 Å². The molecule has 18 heavy (non-hydrogen) atoms. The van der Waals surface area contributed by atoms with Crippen molar-refractivity contribution in [3.63, 3.8) is 0 Å². The Hall–Kier alpha value is -1.50. The molecule has 0 spiro atoms. The number of carbonyl (C=O) groups is 2. The molecule has 0 radical (unpaired) electrons. The first-order valence-corrected chi connectivity index (χ1v) is 6.18. The third kappa shape index (κ3) is 2.50. The fourth-order valence-corrected chi connectivity index (χ4v) is 2.63. The molecule has 2 rings (SSSR count). The lowest BCUT2D eigenvalue weighted by Crippen LogP contribution is -2.60. The second-order valence-corrected chi connectivity index (χ2v) is 4.64. The van der Waals surface area contributed by atoms with Crippen LogP contribution < -0.4 is 5.32 Å². The lowest BCUT2D eigenvalue weighted by molar-refractivity contribution is -0.0232.